The summed E-state index contributed by atoms with van der Waals surface area (Å²) in [7, 11) is 1.32. The van der Waals surface area contributed by atoms with E-state index in [4.69, 9.17) is 9.05 Å². The van der Waals surface area contributed by atoms with Gasteiger partial charge in [0, 0.05) is 6.42 Å². The van der Waals surface area contributed by atoms with Crippen molar-refractivity contribution < 1.29 is 32.9 Å². The summed E-state index contributed by atoms with van der Waals surface area (Å²) in [4.78, 5) is 25.6. The number of hydrogen-bond donors (Lipinski definition) is 2. The predicted octanol–water partition coefficient (Wildman–Crippen LogP) is 18.5. The number of phosphoric acid groups is 1. The molecule has 9 heteroatoms. The van der Waals surface area contributed by atoms with Crippen molar-refractivity contribution in [3.05, 3.63) is 48.6 Å². The lowest BCUT2D eigenvalue weighted by atomic mass is 10.0. The number of allylic oxidation sites excluding steroid dienone is 8. The topological polar surface area (TPSA) is 108 Å². The van der Waals surface area contributed by atoms with Crippen LogP contribution in [-0.4, -0.2) is 68.5 Å². The molecule has 0 aliphatic heterocycles. The zero-order valence-corrected chi connectivity index (χ0v) is 49.3. The summed E-state index contributed by atoms with van der Waals surface area (Å²) in [6.07, 6.45) is 71.5. The molecule has 0 aliphatic carbocycles. The van der Waals surface area contributed by atoms with Crippen LogP contribution in [-0.2, 0) is 18.4 Å². The summed E-state index contributed by atoms with van der Waals surface area (Å²) >= 11 is 0. The molecule has 0 aromatic rings. The highest BCUT2D eigenvalue weighted by atomic mass is 31.2. The molecule has 0 heterocycles. The van der Waals surface area contributed by atoms with Gasteiger partial charge >= 0.3 is 0 Å². The Labute approximate surface area is 448 Å². The molecule has 8 nitrogen and oxygen atoms in total. The Morgan fingerprint density at radius 1 is 0.500 bits per heavy atom. The number of amides is 1. The van der Waals surface area contributed by atoms with E-state index >= 15 is 0 Å². The first-order chi connectivity index (χ1) is 35.0. The molecule has 0 rings (SSSR count). The van der Waals surface area contributed by atoms with E-state index in [9.17, 15) is 19.4 Å². The fraction of sp³-hybridized carbons (Fsp3) is 0.857. The van der Waals surface area contributed by atoms with Crippen molar-refractivity contribution in [1.29, 1.82) is 0 Å². The van der Waals surface area contributed by atoms with Crippen LogP contribution in [0.15, 0.2) is 48.6 Å². The van der Waals surface area contributed by atoms with Crippen molar-refractivity contribution in [3.8, 4) is 0 Å². The number of unbranched alkanes of at least 4 members (excludes halogenated alkanes) is 36. The molecule has 3 atom stereocenters. The van der Waals surface area contributed by atoms with Crippen LogP contribution in [0.1, 0.15) is 296 Å². The van der Waals surface area contributed by atoms with Gasteiger partial charge in [-0.05, 0) is 51.4 Å². The number of likely N-dealkylation sites (N-methyl/N-ethyl adjacent to an activating group) is 1. The molecule has 0 aromatic heterocycles. The minimum atomic E-state index is -4.57. The van der Waals surface area contributed by atoms with Gasteiger partial charge in [0.25, 0.3) is 7.82 Å². The van der Waals surface area contributed by atoms with E-state index in [-0.39, 0.29) is 19.1 Å². The summed E-state index contributed by atoms with van der Waals surface area (Å²) in [6.45, 7) is 4.65. The normalized spacial score (nSPS) is 14.2. The number of aliphatic hydroxyl groups excluding tert-OH is 1. The first-order valence-electron chi connectivity index (χ1n) is 31.0. The van der Waals surface area contributed by atoms with Gasteiger partial charge in [-0.2, -0.15) is 0 Å². The van der Waals surface area contributed by atoms with Gasteiger partial charge in [0.1, 0.15) is 13.2 Å². The lowest BCUT2D eigenvalue weighted by Crippen LogP contribution is -2.46. The molecule has 424 valence electrons. The second-order valence-corrected chi connectivity index (χ2v) is 23.8. The second kappa shape index (κ2) is 54.3. The Balaban J connectivity index is 4.05. The molecule has 0 radical (unpaired) electrons. The highest BCUT2D eigenvalue weighted by Gasteiger charge is 2.24. The molecule has 0 saturated carbocycles. The van der Waals surface area contributed by atoms with E-state index in [2.05, 4.69) is 67.8 Å². The number of aliphatic hydroxyl groups is 1. The lowest BCUT2D eigenvalue weighted by molar-refractivity contribution is -0.870. The molecule has 0 saturated heterocycles. The zero-order valence-electron chi connectivity index (χ0n) is 48.4. The van der Waals surface area contributed by atoms with Gasteiger partial charge in [-0.3, -0.25) is 9.36 Å². The maximum Gasteiger partial charge on any atom is 0.268 e. The summed E-state index contributed by atoms with van der Waals surface area (Å²) < 4.78 is 23.5. The molecule has 1 amide bonds. The largest absolute Gasteiger partial charge is 0.756 e. The quantitative estimate of drug-likeness (QED) is 0.0272. The maximum absolute atomic E-state index is 13.0. The molecule has 0 bridgehead atoms. The van der Waals surface area contributed by atoms with Crippen LogP contribution in [0.4, 0.5) is 0 Å². The Morgan fingerprint density at radius 3 is 1.24 bits per heavy atom. The maximum atomic E-state index is 13.0. The second-order valence-electron chi connectivity index (χ2n) is 22.4. The fourth-order valence-electron chi connectivity index (χ4n) is 9.27. The van der Waals surface area contributed by atoms with Gasteiger partial charge in [0.05, 0.1) is 39.9 Å². The third-order valence-electron chi connectivity index (χ3n) is 14.1. The number of phosphoric ester groups is 1. The van der Waals surface area contributed by atoms with Crippen molar-refractivity contribution in [2.45, 2.75) is 309 Å². The van der Waals surface area contributed by atoms with Crippen LogP contribution in [0.5, 0.6) is 0 Å². The number of carbonyl (C=O) groups is 1. The van der Waals surface area contributed by atoms with Crippen LogP contribution in [0.2, 0.25) is 0 Å². The van der Waals surface area contributed by atoms with Crippen molar-refractivity contribution >= 4 is 13.7 Å². The van der Waals surface area contributed by atoms with E-state index < -0.39 is 20.0 Å². The molecule has 0 fully saturated rings. The van der Waals surface area contributed by atoms with Crippen molar-refractivity contribution in [2.75, 3.05) is 40.9 Å². The number of hydrogen-bond acceptors (Lipinski definition) is 6. The van der Waals surface area contributed by atoms with Crippen molar-refractivity contribution in [1.82, 2.24) is 5.32 Å². The third kappa shape index (κ3) is 56.2. The molecular formula is C63H121N2O6P. The highest BCUT2D eigenvalue weighted by molar-refractivity contribution is 7.45. The van der Waals surface area contributed by atoms with Crippen LogP contribution in [0.25, 0.3) is 0 Å². The Morgan fingerprint density at radius 2 is 0.847 bits per heavy atom. The summed E-state index contributed by atoms with van der Waals surface area (Å²) in [5.41, 5.74) is 0. The molecule has 0 aliphatic rings. The molecular weight excluding hydrogens is 912 g/mol. The van der Waals surface area contributed by atoms with Gasteiger partial charge in [-0.25, -0.2) is 0 Å². The lowest BCUT2D eigenvalue weighted by Gasteiger charge is -2.30. The number of nitrogens with zero attached hydrogens (tertiary/aromatic N) is 1. The number of quaternary nitrogens is 1. The first-order valence-corrected chi connectivity index (χ1v) is 32.4. The van der Waals surface area contributed by atoms with Crippen LogP contribution < -0.4 is 10.2 Å². The van der Waals surface area contributed by atoms with Gasteiger partial charge in [0.15, 0.2) is 0 Å². The van der Waals surface area contributed by atoms with E-state index in [1.54, 1.807) is 0 Å². The van der Waals surface area contributed by atoms with E-state index in [1.165, 1.54) is 205 Å². The SMILES string of the molecule is CC/C=C\C/C=C\C/C=C\C/C=C\CCCCCCCCCCCCCCCCCCCCC(=O)NC(COP(=O)([O-])OCC[N+](C)(C)C)C(O)CCCCCCCCCCCCCCCCCCCCC. The number of nitrogens with one attached hydrogen (secondary N) is 1. The summed E-state index contributed by atoms with van der Waals surface area (Å²) in [5, 5.41) is 14.1. The summed E-state index contributed by atoms with van der Waals surface area (Å²) in [5.74, 6) is -0.160. The smallest absolute Gasteiger partial charge is 0.268 e. The van der Waals surface area contributed by atoms with Gasteiger partial charge in [-0.1, -0.05) is 287 Å². The highest BCUT2D eigenvalue weighted by Crippen LogP contribution is 2.38. The van der Waals surface area contributed by atoms with E-state index in [1.807, 2.05) is 21.1 Å². The molecule has 2 N–H and O–H groups in total. The fourth-order valence-corrected chi connectivity index (χ4v) is 9.99. The van der Waals surface area contributed by atoms with Crippen LogP contribution >= 0.6 is 7.82 Å². The van der Waals surface area contributed by atoms with Gasteiger partial charge < -0.3 is 28.8 Å². The van der Waals surface area contributed by atoms with Gasteiger partial charge in [-0.15, -0.1) is 0 Å². The summed E-state index contributed by atoms with van der Waals surface area (Å²) in [6, 6.07) is -0.801. The minimum Gasteiger partial charge on any atom is -0.756 e. The Hall–Kier alpha value is -1.54. The molecule has 0 aromatic carbocycles. The number of carbonyl (C=O) groups excluding carboxylic acids is 1. The standard InChI is InChI=1S/C63H121N2O6P/c1-6-8-10-12-14-16-18-20-22-24-26-27-28-29-30-31-32-33-34-35-36-37-39-41-43-45-47-49-51-53-55-57-63(67)64-61(60-71-72(68,69)70-59-58-65(3,4)5)62(66)56-54-52-50-48-46-44-42-40-38-25-23-21-19-17-15-13-11-9-7-2/h8,10,14,16,20,22,26-27,61-62,66H,6-7,9,11-13,15,17-19,21,23-25,28-60H2,1-5H3,(H-,64,67,68,69)/b10-8-,16-14-,22-20-,27-26-. The average Bonchev–Trinajstić information content (AvgIpc) is 3.34. The van der Waals surface area contributed by atoms with E-state index in [0.717, 1.165) is 64.2 Å². The van der Waals surface area contributed by atoms with Crippen molar-refractivity contribution in [3.63, 3.8) is 0 Å². The minimum absolute atomic E-state index is 0.0132. The van der Waals surface area contributed by atoms with Crippen molar-refractivity contribution in [2.24, 2.45) is 0 Å². The molecule has 0 spiro atoms. The van der Waals surface area contributed by atoms with Crippen LogP contribution in [0, 0.1) is 0 Å². The predicted molar refractivity (Wildman–Crippen MR) is 311 cm³/mol. The van der Waals surface area contributed by atoms with Crippen LogP contribution in [0.3, 0.4) is 0 Å². The van der Waals surface area contributed by atoms with E-state index in [0.29, 0.717) is 23.9 Å². The molecule has 3 unspecified atom stereocenters. The molecule has 72 heavy (non-hydrogen) atoms. The average molecular weight is 1030 g/mol. The zero-order chi connectivity index (χ0) is 52.7. The third-order valence-corrected chi connectivity index (χ3v) is 15.0. The first kappa shape index (κ1) is 70.5. The van der Waals surface area contributed by atoms with Gasteiger partial charge in [0.2, 0.25) is 5.91 Å². The Kier molecular flexibility index (Phi) is 53.1. The monoisotopic (exact) mass is 1030 g/mol. The Bertz CT molecular complexity index is 1310. The number of rotatable bonds is 57.